The number of benzene rings is 1. The van der Waals surface area contributed by atoms with Crippen molar-refractivity contribution in [3.05, 3.63) is 47.8 Å². The van der Waals surface area contributed by atoms with E-state index in [-0.39, 0.29) is 0 Å². The van der Waals surface area contributed by atoms with Crippen LogP contribution in [0.1, 0.15) is 10.4 Å². The van der Waals surface area contributed by atoms with E-state index in [1.165, 1.54) is 24.9 Å². The molecule has 1 rings (SSSR count). The van der Waals surface area contributed by atoms with Crippen LogP contribution in [-0.4, -0.2) is 18.8 Å². The summed E-state index contributed by atoms with van der Waals surface area (Å²) in [6.45, 7) is 0. The second kappa shape index (κ2) is 8.08. The van der Waals surface area contributed by atoms with Gasteiger partial charge in [-0.05, 0) is 30.2 Å². The van der Waals surface area contributed by atoms with Gasteiger partial charge in [-0.2, -0.15) is 4.39 Å². The van der Waals surface area contributed by atoms with Gasteiger partial charge in [0.25, 0.3) is 0 Å². The third-order valence-electron chi connectivity index (χ3n) is 2.28. The quantitative estimate of drug-likeness (QED) is 0.297. The number of anilines is 1. The van der Waals surface area contributed by atoms with Crippen LogP contribution in [-0.2, 0) is 4.74 Å². The van der Waals surface area contributed by atoms with Crippen LogP contribution in [0.5, 0.6) is 0 Å². The third kappa shape index (κ3) is 4.82. The van der Waals surface area contributed by atoms with Gasteiger partial charge >= 0.3 is 5.97 Å². The number of ether oxygens (including phenoxy) is 1. The molecule has 0 aliphatic rings. The molecule has 0 bridgehead atoms. The number of esters is 1. The minimum Gasteiger partial charge on any atom is -0.465 e. The van der Waals surface area contributed by atoms with E-state index in [0.717, 1.165) is 4.90 Å². The van der Waals surface area contributed by atoms with Gasteiger partial charge in [-0.25, -0.2) is 4.79 Å². The Bertz CT molecular complexity index is 588. The van der Waals surface area contributed by atoms with Crippen LogP contribution in [0.2, 0.25) is 0 Å². The van der Waals surface area contributed by atoms with E-state index >= 15 is 0 Å². The van der Waals surface area contributed by atoms with Crippen molar-refractivity contribution >= 4 is 23.4 Å². The normalized spacial score (nSPS) is 11.3. The van der Waals surface area contributed by atoms with E-state index in [9.17, 15) is 9.18 Å². The Kier molecular flexibility index (Phi) is 6.41. The number of thioether (sulfide) groups is 1. The molecule has 0 saturated carbocycles. The van der Waals surface area contributed by atoms with E-state index < -0.39 is 11.8 Å². The molecule has 0 atom stereocenters. The highest BCUT2D eigenvalue weighted by Gasteiger charge is 2.07. The molecule has 2 N–H and O–H groups in total. The molecule has 20 heavy (non-hydrogen) atoms. The molecule has 1 aromatic carbocycles. The fourth-order valence-corrected chi connectivity index (χ4v) is 2.10. The van der Waals surface area contributed by atoms with Gasteiger partial charge in [-0.1, -0.05) is 12.2 Å². The molecule has 0 radical (unpaired) electrons. The van der Waals surface area contributed by atoms with E-state index in [1.54, 1.807) is 30.4 Å². The lowest BCUT2D eigenvalue weighted by atomic mass is 10.2. The molecule has 5 heteroatoms. The minimum atomic E-state index is -0.617. The van der Waals surface area contributed by atoms with Crippen molar-refractivity contribution in [3.63, 3.8) is 0 Å². The molecule has 0 unspecified atom stereocenters. The lowest BCUT2D eigenvalue weighted by molar-refractivity contribution is 0.0600. The highest BCUT2D eigenvalue weighted by molar-refractivity contribution is 7.99. The van der Waals surface area contributed by atoms with Crippen LogP contribution in [0.15, 0.2) is 47.1 Å². The van der Waals surface area contributed by atoms with Gasteiger partial charge in [-0.15, -0.1) is 18.2 Å². The van der Waals surface area contributed by atoms with Crippen LogP contribution in [0, 0.1) is 12.3 Å². The predicted molar refractivity (Wildman–Crippen MR) is 80.1 cm³/mol. The second-order valence-electron chi connectivity index (χ2n) is 3.64. The molecular formula is C15H14FNO2S. The molecule has 0 aliphatic heterocycles. The zero-order chi connectivity index (χ0) is 15.0. The van der Waals surface area contributed by atoms with Crippen LogP contribution >= 0.6 is 11.8 Å². The van der Waals surface area contributed by atoms with Crippen LogP contribution < -0.4 is 5.73 Å². The lowest BCUT2D eigenvalue weighted by Crippen LogP contribution is -2.02. The second-order valence-corrected chi connectivity index (χ2v) is 4.70. The smallest absolute Gasteiger partial charge is 0.337 e. The first-order chi connectivity index (χ1) is 9.58. The number of allylic oxidation sites excluding steroid dienone is 3. The predicted octanol–water partition coefficient (Wildman–Crippen LogP) is 3.19. The van der Waals surface area contributed by atoms with Gasteiger partial charge in [0.1, 0.15) is 0 Å². The SMILES string of the molecule is C#C/C(F)=C\C=C/CSc1ccc(C(=O)OC)cc1N. The molecule has 0 spiro atoms. The number of carbonyl (C=O) groups excluding carboxylic acids is 1. The minimum absolute atomic E-state index is 0.406. The summed E-state index contributed by atoms with van der Waals surface area (Å²) in [5.74, 6) is 1.44. The van der Waals surface area contributed by atoms with Gasteiger partial charge in [0.2, 0.25) is 0 Å². The summed E-state index contributed by atoms with van der Waals surface area (Å²) in [7, 11) is 1.31. The van der Waals surface area contributed by atoms with Crippen molar-refractivity contribution in [1.29, 1.82) is 0 Å². The summed E-state index contributed by atoms with van der Waals surface area (Å²) in [6, 6.07) is 4.96. The molecule has 1 aromatic rings. The highest BCUT2D eigenvalue weighted by atomic mass is 32.2. The number of halogens is 1. The summed E-state index contributed by atoms with van der Waals surface area (Å²) in [4.78, 5) is 12.2. The Hall–Kier alpha value is -2.19. The molecule has 0 heterocycles. The van der Waals surface area contributed by atoms with Gasteiger partial charge in [0.15, 0.2) is 5.83 Å². The first-order valence-corrected chi connectivity index (χ1v) is 6.66. The van der Waals surface area contributed by atoms with Crippen molar-refractivity contribution < 1.29 is 13.9 Å². The van der Waals surface area contributed by atoms with Crippen molar-refractivity contribution in [1.82, 2.24) is 0 Å². The van der Waals surface area contributed by atoms with Crippen molar-refractivity contribution in [2.75, 3.05) is 18.6 Å². The zero-order valence-electron chi connectivity index (χ0n) is 10.9. The fraction of sp³-hybridized carbons (Fsp3) is 0.133. The van der Waals surface area contributed by atoms with E-state index in [0.29, 0.717) is 17.0 Å². The zero-order valence-corrected chi connectivity index (χ0v) is 11.7. The molecule has 0 fully saturated rings. The Morgan fingerprint density at radius 3 is 2.95 bits per heavy atom. The largest absolute Gasteiger partial charge is 0.465 e. The molecule has 0 saturated heterocycles. The number of nitrogen functional groups attached to an aromatic ring is 1. The fourth-order valence-electron chi connectivity index (χ4n) is 1.32. The molecule has 104 valence electrons. The van der Waals surface area contributed by atoms with Crippen molar-refractivity contribution in [3.8, 4) is 12.3 Å². The number of methoxy groups -OCH3 is 1. The molecule has 3 nitrogen and oxygen atoms in total. The average Bonchev–Trinajstić information content (AvgIpc) is 2.47. The summed E-state index contributed by atoms with van der Waals surface area (Å²) < 4.78 is 17.2. The molecule has 0 aromatic heterocycles. The number of carbonyl (C=O) groups is 1. The lowest BCUT2D eigenvalue weighted by Gasteiger charge is -2.05. The number of hydrogen-bond donors (Lipinski definition) is 1. The highest BCUT2D eigenvalue weighted by Crippen LogP contribution is 2.26. The van der Waals surface area contributed by atoms with Gasteiger partial charge in [0, 0.05) is 16.3 Å². The maximum Gasteiger partial charge on any atom is 0.337 e. The molecular weight excluding hydrogens is 277 g/mol. The summed E-state index contributed by atoms with van der Waals surface area (Å²) in [6.07, 6.45) is 9.38. The van der Waals surface area contributed by atoms with Crippen molar-refractivity contribution in [2.45, 2.75) is 4.90 Å². The molecule has 0 aliphatic carbocycles. The first kappa shape index (κ1) is 15.9. The number of rotatable bonds is 5. The monoisotopic (exact) mass is 291 g/mol. The Labute approximate surface area is 121 Å². The van der Waals surface area contributed by atoms with Gasteiger partial charge in [-0.3, -0.25) is 0 Å². The summed E-state index contributed by atoms with van der Waals surface area (Å²) >= 11 is 1.47. The number of hydrogen-bond acceptors (Lipinski definition) is 4. The van der Waals surface area contributed by atoms with Crippen LogP contribution in [0.4, 0.5) is 10.1 Å². The first-order valence-electron chi connectivity index (χ1n) is 5.68. The van der Waals surface area contributed by atoms with E-state index in [1.807, 2.05) is 5.92 Å². The topological polar surface area (TPSA) is 52.3 Å². The van der Waals surface area contributed by atoms with E-state index in [4.69, 9.17) is 12.2 Å². The summed E-state index contributed by atoms with van der Waals surface area (Å²) in [5, 5.41) is 0. The van der Waals surface area contributed by atoms with Crippen LogP contribution in [0.25, 0.3) is 0 Å². The van der Waals surface area contributed by atoms with Gasteiger partial charge in [0.05, 0.1) is 12.7 Å². The third-order valence-corrected chi connectivity index (χ3v) is 3.32. The number of nitrogens with two attached hydrogens (primary N) is 1. The van der Waals surface area contributed by atoms with Crippen molar-refractivity contribution in [2.24, 2.45) is 0 Å². The van der Waals surface area contributed by atoms with Crippen LogP contribution in [0.3, 0.4) is 0 Å². The van der Waals surface area contributed by atoms with E-state index in [2.05, 4.69) is 4.74 Å². The standard InChI is InChI=1S/C15H14FNO2S/c1-3-12(16)6-4-5-9-20-14-8-7-11(10-13(14)17)15(18)19-2/h1,4-8,10H,9,17H2,2H3/b5-4-,12-6+. The maximum atomic E-state index is 12.6. The number of terminal acetylenes is 1. The Balaban J connectivity index is 2.62. The summed E-state index contributed by atoms with van der Waals surface area (Å²) in [5.41, 5.74) is 6.75. The van der Waals surface area contributed by atoms with Gasteiger partial charge < -0.3 is 10.5 Å². The Morgan fingerprint density at radius 1 is 1.60 bits per heavy atom. The average molecular weight is 291 g/mol. The maximum absolute atomic E-state index is 12.6. The Morgan fingerprint density at radius 2 is 2.35 bits per heavy atom. The molecule has 0 amide bonds.